The summed E-state index contributed by atoms with van der Waals surface area (Å²) in [5.41, 5.74) is 1.67. The average molecular weight is 284 g/mol. The van der Waals surface area contributed by atoms with Gasteiger partial charge in [-0.05, 0) is 36.8 Å². The minimum Gasteiger partial charge on any atom is -0.481 e. The number of aryl methyl sites for hydroxylation is 1. The highest BCUT2D eigenvalue weighted by molar-refractivity contribution is 7.24. The highest BCUT2D eigenvalue weighted by Gasteiger charge is 2.08. The molecule has 3 nitrogen and oxygen atoms in total. The molecule has 0 fully saturated rings. The summed E-state index contributed by atoms with van der Waals surface area (Å²) in [5, 5.41) is 10.1. The Labute approximate surface area is 119 Å². The molecule has 0 aliphatic heterocycles. The second-order valence-electron chi connectivity index (χ2n) is 4.83. The van der Waals surface area contributed by atoms with E-state index in [9.17, 15) is 9.59 Å². The zero-order chi connectivity index (χ0) is 14.3. The van der Waals surface area contributed by atoms with Gasteiger partial charge in [0.25, 0.3) is 0 Å². The van der Waals surface area contributed by atoms with E-state index in [1.807, 2.05) is 31.2 Å². The minimum atomic E-state index is -0.892. The third kappa shape index (κ3) is 2.18. The van der Waals surface area contributed by atoms with Gasteiger partial charge in [-0.15, -0.1) is 11.3 Å². The summed E-state index contributed by atoms with van der Waals surface area (Å²) >= 11 is 1.55. The number of rotatable bonds is 2. The van der Waals surface area contributed by atoms with E-state index >= 15 is 0 Å². The van der Waals surface area contributed by atoms with Crippen molar-refractivity contribution in [2.75, 3.05) is 0 Å². The molecule has 0 unspecified atom stereocenters. The number of hydrogen-bond donors (Lipinski definition) is 1. The van der Waals surface area contributed by atoms with Crippen LogP contribution in [0.3, 0.4) is 0 Å². The average Bonchev–Trinajstić information content (AvgIpc) is 2.40. The van der Waals surface area contributed by atoms with Gasteiger partial charge in [0.2, 0.25) is 0 Å². The molecule has 0 aliphatic carbocycles. The Hall–Kier alpha value is -2.20. The summed E-state index contributed by atoms with van der Waals surface area (Å²) in [6, 6.07) is 11.1. The lowest BCUT2D eigenvalue weighted by atomic mass is 10.1. The van der Waals surface area contributed by atoms with E-state index in [1.54, 1.807) is 23.5 Å². The molecular formula is C16H12O3S. The second kappa shape index (κ2) is 4.72. The number of carboxylic acid groups (broad SMARTS) is 1. The topological polar surface area (TPSA) is 54.4 Å². The Bertz CT molecular complexity index is 893. The van der Waals surface area contributed by atoms with Gasteiger partial charge >= 0.3 is 5.97 Å². The van der Waals surface area contributed by atoms with Crippen LogP contribution in [-0.2, 0) is 11.2 Å². The van der Waals surface area contributed by atoms with E-state index in [0.717, 1.165) is 15.0 Å². The smallest absolute Gasteiger partial charge is 0.307 e. The Balaban J connectivity index is 2.33. The predicted molar refractivity (Wildman–Crippen MR) is 81.7 cm³/mol. The molecule has 4 heteroatoms. The van der Waals surface area contributed by atoms with Crippen molar-refractivity contribution in [1.82, 2.24) is 0 Å². The number of aliphatic carboxylic acids is 1. The largest absolute Gasteiger partial charge is 0.481 e. The van der Waals surface area contributed by atoms with Crippen LogP contribution in [0, 0.1) is 6.92 Å². The predicted octanol–water partition coefficient (Wildman–Crippen LogP) is 3.35. The van der Waals surface area contributed by atoms with Crippen LogP contribution in [0.5, 0.6) is 0 Å². The van der Waals surface area contributed by atoms with Gasteiger partial charge in [0.05, 0.1) is 6.42 Å². The molecular weight excluding hydrogens is 272 g/mol. The van der Waals surface area contributed by atoms with Crippen molar-refractivity contribution in [2.24, 2.45) is 0 Å². The third-order valence-corrected chi connectivity index (χ3v) is 4.40. The first kappa shape index (κ1) is 12.8. The van der Waals surface area contributed by atoms with Gasteiger partial charge < -0.3 is 5.11 Å². The monoisotopic (exact) mass is 284 g/mol. The van der Waals surface area contributed by atoms with Gasteiger partial charge in [0.1, 0.15) is 0 Å². The molecule has 3 aromatic rings. The van der Waals surface area contributed by atoms with Crippen molar-refractivity contribution >= 4 is 37.5 Å². The first-order valence-corrected chi connectivity index (χ1v) is 7.04. The first-order valence-electron chi connectivity index (χ1n) is 6.22. The van der Waals surface area contributed by atoms with Crippen LogP contribution in [-0.4, -0.2) is 11.1 Å². The van der Waals surface area contributed by atoms with E-state index in [0.29, 0.717) is 16.3 Å². The number of hydrogen-bond acceptors (Lipinski definition) is 3. The molecule has 0 bridgehead atoms. The lowest BCUT2D eigenvalue weighted by Crippen LogP contribution is -2.04. The Morgan fingerprint density at radius 1 is 1.10 bits per heavy atom. The van der Waals surface area contributed by atoms with Crippen LogP contribution in [0.4, 0.5) is 0 Å². The van der Waals surface area contributed by atoms with Gasteiger partial charge in [-0.3, -0.25) is 9.59 Å². The fraction of sp³-hybridized carbons (Fsp3) is 0.125. The van der Waals surface area contributed by atoms with Gasteiger partial charge in [-0.25, -0.2) is 0 Å². The molecule has 2 aromatic carbocycles. The molecule has 20 heavy (non-hydrogen) atoms. The molecule has 0 saturated heterocycles. The maximum atomic E-state index is 12.5. The lowest BCUT2D eigenvalue weighted by molar-refractivity contribution is -0.136. The van der Waals surface area contributed by atoms with Gasteiger partial charge in [0.15, 0.2) is 5.43 Å². The second-order valence-corrected chi connectivity index (χ2v) is 5.92. The molecule has 1 aromatic heterocycles. The normalized spacial score (nSPS) is 11.1. The minimum absolute atomic E-state index is 0.0234. The zero-order valence-electron chi connectivity index (χ0n) is 10.8. The van der Waals surface area contributed by atoms with Crippen LogP contribution >= 0.6 is 11.3 Å². The maximum Gasteiger partial charge on any atom is 0.307 e. The molecule has 100 valence electrons. The van der Waals surface area contributed by atoms with Crippen molar-refractivity contribution in [1.29, 1.82) is 0 Å². The van der Waals surface area contributed by atoms with Crippen LogP contribution in [0.15, 0.2) is 41.2 Å². The van der Waals surface area contributed by atoms with Crippen molar-refractivity contribution in [3.8, 4) is 0 Å². The highest BCUT2D eigenvalue weighted by Crippen LogP contribution is 2.26. The Morgan fingerprint density at radius 3 is 2.45 bits per heavy atom. The first-order chi connectivity index (χ1) is 9.54. The standard InChI is InChI=1S/C16H12O3S/c1-9-2-4-13-11(6-9)16(19)12-7-10(8-15(17)18)3-5-14(12)20-13/h2-7H,8H2,1H3,(H,17,18). The zero-order valence-corrected chi connectivity index (χ0v) is 11.7. The third-order valence-electron chi connectivity index (χ3n) is 3.24. The van der Waals surface area contributed by atoms with Gasteiger partial charge in [0, 0.05) is 20.2 Å². The summed E-state index contributed by atoms with van der Waals surface area (Å²) < 4.78 is 1.85. The van der Waals surface area contributed by atoms with E-state index < -0.39 is 5.97 Å². The van der Waals surface area contributed by atoms with Crippen LogP contribution in [0.2, 0.25) is 0 Å². The lowest BCUT2D eigenvalue weighted by Gasteiger charge is -2.04. The van der Waals surface area contributed by atoms with Crippen molar-refractivity contribution in [3.05, 3.63) is 57.7 Å². The van der Waals surface area contributed by atoms with E-state index in [2.05, 4.69) is 0 Å². The van der Waals surface area contributed by atoms with Crippen molar-refractivity contribution in [3.63, 3.8) is 0 Å². The fourth-order valence-corrected chi connectivity index (χ4v) is 3.33. The molecule has 0 saturated carbocycles. The summed E-state index contributed by atoms with van der Waals surface area (Å²) in [6.07, 6.45) is -0.0636. The Kier molecular flexibility index (Phi) is 3.03. The van der Waals surface area contributed by atoms with Crippen molar-refractivity contribution < 1.29 is 9.90 Å². The summed E-state index contributed by atoms with van der Waals surface area (Å²) in [6.45, 7) is 1.95. The molecule has 0 spiro atoms. The summed E-state index contributed by atoms with van der Waals surface area (Å²) in [5.74, 6) is -0.892. The molecule has 0 radical (unpaired) electrons. The molecule has 0 amide bonds. The molecule has 3 rings (SSSR count). The van der Waals surface area contributed by atoms with Crippen LogP contribution in [0.25, 0.3) is 20.2 Å². The SMILES string of the molecule is Cc1ccc2sc3ccc(CC(=O)O)cc3c(=O)c2c1. The molecule has 1 heterocycles. The van der Waals surface area contributed by atoms with E-state index in [4.69, 9.17) is 5.11 Å². The molecule has 0 aliphatic rings. The fourth-order valence-electron chi connectivity index (χ4n) is 2.30. The summed E-state index contributed by atoms with van der Waals surface area (Å²) in [4.78, 5) is 23.3. The Morgan fingerprint density at radius 2 is 1.75 bits per heavy atom. The number of benzene rings is 2. The van der Waals surface area contributed by atoms with Crippen LogP contribution in [0.1, 0.15) is 11.1 Å². The number of carbonyl (C=O) groups is 1. The quantitative estimate of drug-likeness (QED) is 0.734. The molecule has 1 N–H and O–H groups in total. The van der Waals surface area contributed by atoms with Gasteiger partial charge in [-0.2, -0.15) is 0 Å². The van der Waals surface area contributed by atoms with Crippen molar-refractivity contribution in [2.45, 2.75) is 13.3 Å². The van der Waals surface area contributed by atoms with Crippen LogP contribution < -0.4 is 5.43 Å². The molecule has 0 atom stereocenters. The van der Waals surface area contributed by atoms with Gasteiger partial charge in [-0.1, -0.05) is 17.7 Å². The number of fused-ring (bicyclic) bond motifs is 2. The van der Waals surface area contributed by atoms with E-state index in [1.165, 1.54) is 0 Å². The maximum absolute atomic E-state index is 12.5. The highest BCUT2D eigenvalue weighted by atomic mass is 32.1. The number of carboxylic acids is 1. The van der Waals surface area contributed by atoms with E-state index in [-0.39, 0.29) is 11.8 Å². The summed E-state index contributed by atoms with van der Waals surface area (Å²) in [7, 11) is 0.